The quantitative estimate of drug-likeness (QED) is 0.375. The number of carbonyl (C=O) groups excluding carboxylic acids is 3. The van der Waals surface area contributed by atoms with Crippen molar-refractivity contribution >= 4 is 19.4 Å². The molecule has 34 heavy (non-hydrogen) atoms. The molecule has 0 spiro atoms. The van der Waals surface area contributed by atoms with E-state index in [1.54, 1.807) is 0 Å². The molecule has 4 fully saturated rings. The normalized spacial score (nSPS) is 46.2. The Kier molecular flexibility index (Phi) is 7.61. The smallest absolute Gasteiger partial charge is 0.293 e. The minimum atomic E-state index is -0.178. The van der Waals surface area contributed by atoms with Crippen LogP contribution in [-0.4, -0.2) is 49.4 Å². The predicted octanol–water partition coefficient (Wildman–Crippen LogP) is 3.90. The van der Waals surface area contributed by atoms with Crippen LogP contribution < -0.4 is 0 Å². The maximum atomic E-state index is 11.7. The van der Waals surface area contributed by atoms with Crippen molar-refractivity contribution in [3.63, 3.8) is 0 Å². The van der Waals surface area contributed by atoms with Gasteiger partial charge in [-0.25, -0.2) is 0 Å². The van der Waals surface area contributed by atoms with E-state index in [0.717, 1.165) is 57.8 Å². The number of hydrogen-bond donors (Lipinski definition) is 1. The lowest BCUT2D eigenvalue weighted by atomic mass is 9.43. The van der Waals surface area contributed by atoms with Gasteiger partial charge >= 0.3 is 0 Å². The van der Waals surface area contributed by atoms with E-state index in [9.17, 15) is 19.5 Å². The average molecular weight is 479 g/mol. The molecule has 4 aliphatic carbocycles. The van der Waals surface area contributed by atoms with Gasteiger partial charge in [0, 0.05) is 17.9 Å². The summed E-state index contributed by atoms with van der Waals surface area (Å²) in [6, 6.07) is 0. The van der Waals surface area contributed by atoms with E-state index in [-0.39, 0.29) is 47.6 Å². The summed E-state index contributed by atoms with van der Waals surface area (Å²) < 4.78 is 17.1. The first-order chi connectivity index (χ1) is 16.3. The lowest BCUT2D eigenvalue weighted by molar-refractivity contribution is -0.218. The number of rotatable bonds is 10. The van der Waals surface area contributed by atoms with Crippen LogP contribution in [0.25, 0.3) is 0 Å². The van der Waals surface area contributed by atoms with Crippen LogP contribution in [0.5, 0.6) is 0 Å². The molecular formula is C27H42O7. The van der Waals surface area contributed by atoms with Crippen molar-refractivity contribution in [2.75, 3.05) is 6.61 Å². The second kappa shape index (κ2) is 10.2. The molecule has 192 valence electrons. The van der Waals surface area contributed by atoms with Crippen molar-refractivity contribution in [3.05, 3.63) is 0 Å². The van der Waals surface area contributed by atoms with Gasteiger partial charge in [0.2, 0.25) is 0 Å². The number of aliphatic hydroxyl groups is 1. The Labute approximate surface area is 203 Å². The lowest BCUT2D eigenvalue weighted by Gasteiger charge is -2.64. The van der Waals surface area contributed by atoms with Gasteiger partial charge < -0.3 is 19.3 Å². The summed E-state index contributed by atoms with van der Waals surface area (Å²) in [4.78, 5) is 34.3. The summed E-state index contributed by atoms with van der Waals surface area (Å²) >= 11 is 0. The van der Waals surface area contributed by atoms with Crippen LogP contribution in [0.15, 0.2) is 0 Å². The molecule has 4 aliphatic rings. The van der Waals surface area contributed by atoms with E-state index in [1.165, 1.54) is 0 Å². The van der Waals surface area contributed by atoms with E-state index < -0.39 is 0 Å². The van der Waals surface area contributed by atoms with Crippen molar-refractivity contribution in [2.45, 2.75) is 96.9 Å². The zero-order chi connectivity index (χ0) is 24.5. The van der Waals surface area contributed by atoms with Crippen molar-refractivity contribution in [2.24, 2.45) is 46.3 Å². The van der Waals surface area contributed by atoms with Crippen LogP contribution in [0.1, 0.15) is 78.6 Å². The van der Waals surface area contributed by atoms with Crippen molar-refractivity contribution in [1.82, 2.24) is 0 Å². The van der Waals surface area contributed by atoms with E-state index in [1.807, 2.05) is 0 Å². The summed E-state index contributed by atoms with van der Waals surface area (Å²) in [5, 5.41) is 9.38. The molecule has 4 rings (SSSR count). The number of hydrogen-bond acceptors (Lipinski definition) is 7. The van der Waals surface area contributed by atoms with Crippen molar-refractivity contribution < 1.29 is 33.7 Å². The van der Waals surface area contributed by atoms with Gasteiger partial charge in [-0.15, -0.1) is 0 Å². The second-order valence-electron chi connectivity index (χ2n) is 12.0. The Morgan fingerprint density at radius 2 is 1.68 bits per heavy atom. The first kappa shape index (κ1) is 25.5. The molecule has 7 heteroatoms. The lowest BCUT2D eigenvalue weighted by Crippen LogP contribution is -2.63. The van der Waals surface area contributed by atoms with Gasteiger partial charge in [-0.2, -0.15) is 0 Å². The molecule has 0 bridgehead atoms. The third-order valence-corrected chi connectivity index (χ3v) is 11.0. The number of fused-ring (bicyclic) bond motifs is 5. The fraction of sp³-hybridized carbons (Fsp3) is 0.889. The zero-order valence-electron chi connectivity index (χ0n) is 20.9. The molecule has 0 amide bonds. The Bertz CT molecular complexity index is 742. The summed E-state index contributed by atoms with van der Waals surface area (Å²) in [5.41, 5.74) is -0.148. The third-order valence-electron chi connectivity index (χ3n) is 11.0. The van der Waals surface area contributed by atoms with Gasteiger partial charge in [-0.3, -0.25) is 14.4 Å². The Morgan fingerprint density at radius 1 is 0.941 bits per heavy atom. The summed E-state index contributed by atoms with van der Waals surface area (Å²) in [7, 11) is 0. The first-order valence-electron chi connectivity index (χ1n) is 13.2. The van der Waals surface area contributed by atoms with Crippen LogP contribution in [0.3, 0.4) is 0 Å². The summed E-state index contributed by atoms with van der Waals surface area (Å²) in [6.07, 6.45) is 7.61. The van der Waals surface area contributed by atoms with Crippen LogP contribution in [-0.2, 0) is 28.6 Å². The fourth-order valence-electron chi connectivity index (χ4n) is 9.36. The van der Waals surface area contributed by atoms with Crippen LogP contribution >= 0.6 is 0 Å². The zero-order valence-corrected chi connectivity index (χ0v) is 20.9. The third kappa shape index (κ3) is 4.06. The van der Waals surface area contributed by atoms with Gasteiger partial charge in [-0.1, -0.05) is 20.8 Å². The highest BCUT2D eigenvalue weighted by Crippen LogP contribution is 2.69. The fourth-order valence-corrected chi connectivity index (χ4v) is 9.36. The van der Waals surface area contributed by atoms with E-state index in [2.05, 4.69) is 20.8 Å². The second-order valence-corrected chi connectivity index (χ2v) is 12.0. The molecule has 1 N–H and O–H groups in total. The predicted molar refractivity (Wildman–Crippen MR) is 124 cm³/mol. The van der Waals surface area contributed by atoms with Gasteiger partial charge in [-0.05, 0) is 92.8 Å². The molecule has 3 unspecified atom stereocenters. The minimum Gasteiger partial charge on any atom is -0.465 e. The van der Waals surface area contributed by atoms with Gasteiger partial charge in [0.05, 0.1) is 0 Å². The van der Waals surface area contributed by atoms with E-state index >= 15 is 0 Å². The Morgan fingerprint density at radius 3 is 2.35 bits per heavy atom. The van der Waals surface area contributed by atoms with Crippen molar-refractivity contribution in [1.29, 1.82) is 0 Å². The molecule has 11 atom stereocenters. The molecule has 0 aromatic heterocycles. The summed E-state index contributed by atoms with van der Waals surface area (Å²) in [6.45, 7) is 8.90. The number of carbonyl (C=O) groups is 3. The van der Waals surface area contributed by atoms with Gasteiger partial charge in [0.1, 0.15) is 18.3 Å². The molecule has 4 saturated carbocycles. The topological polar surface area (TPSA) is 99.1 Å². The number of ether oxygens (including phenoxy) is 3. The minimum absolute atomic E-state index is 0.0303. The molecule has 0 saturated heterocycles. The Balaban J connectivity index is 1.69. The monoisotopic (exact) mass is 478 g/mol. The van der Waals surface area contributed by atoms with E-state index in [4.69, 9.17) is 14.2 Å². The van der Waals surface area contributed by atoms with Crippen LogP contribution in [0.2, 0.25) is 0 Å². The first-order valence-corrected chi connectivity index (χ1v) is 13.2. The molecule has 0 heterocycles. The Hall–Kier alpha value is -1.63. The van der Waals surface area contributed by atoms with Gasteiger partial charge in [0.25, 0.3) is 19.4 Å². The largest absolute Gasteiger partial charge is 0.465 e. The average Bonchev–Trinajstić information content (AvgIpc) is 3.17. The van der Waals surface area contributed by atoms with Gasteiger partial charge in [0.15, 0.2) is 0 Å². The van der Waals surface area contributed by atoms with Crippen LogP contribution in [0, 0.1) is 46.3 Å². The SMILES string of the molecule is C[C@H](CCCO)[C@H]1CC[C@H]2[C@@H]3C(OC=O)C[C@H]4CC(OC=O)CC[C@]4(C)[C@H]3CC(OC=O)[C@]12C. The molecule has 0 aliphatic heterocycles. The standard InChI is InChI=1S/C27H42O7/c1-17(5-4-10-28)20-6-7-21-25-22(13-24(34-16-31)27(20,21)3)26(2)9-8-19(32-14-29)11-18(26)12-23(25)33-15-30/h14-25,28H,4-13H2,1-3H3/t17-,18-,19?,20-,21+,22+,23?,24?,25+,26+,27-/m1/s1. The highest BCUT2D eigenvalue weighted by molar-refractivity contribution is 5.39. The molecule has 0 aromatic carbocycles. The van der Waals surface area contributed by atoms with Crippen LogP contribution in [0.4, 0.5) is 0 Å². The van der Waals surface area contributed by atoms with Crippen molar-refractivity contribution in [3.8, 4) is 0 Å². The maximum Gasteiger partial charge on any atom is 0.293 e. The maximum absolute atomic E-state index is 11.7. The summed E-state index contributed by atoms with van der Waals surface area (Å²) in [5.74, 6) is 1.94. The number of aliphatic hydroxyl groups excluding tert-OH is 1. The molecule has 0 aromatic rings. The molecule has 0 radical (unpaired) electrons. The van der Waals surface area contributed by atoms with E-state index in [0.29, 0.717) is 43.1 Å². The molecular weight excluding hydrogens is 436 g/mol. The highest BCUT2D eigenvalue weighted by atomic mass is 16.5. The molecule has 7 nitrogen and oxygen atoms in total. The highest BCUT2D eigenvalue weighted by Gasteiger charge is 2.67.